The van der Waals surface area contributed by atoms with Crippen molar-refractivity contribution in [3.05, 3.63) is 82.4 Å². The van der Waals surface area contributed by atoms with Gasteiger partial charge in [-0.3, -0.25) is 0 Å². The molecular weight excluding hydrogens is 494 g/mol. The van der Waals surface area contributed by atoms with Gasteiger partial charge in [-0.2, -0.15) is 0 Å². The average molecular weight is 533 g/mol. The van der Waals surface area contributed by atoms with Crippen LogP contribution < -0.4 is 9.47 Å². The Kier molecular flexibility index (Phi) is 6.29. The molecular formula is C34H38F2O3. The minimum absolute atomic E-state index is 0.0870. The summed E-state index contributed by atoms with van der Waals surface area (Å²) in [6.45, 7) is 6.59. The van der Waals surface area contributed by atoms with E-state index in [0.717, 1.165) is 60.8 Å². The van der Waals surface area contributed by atoms with Crippen molar-refractivity contribution in [2.45, 2.75) is 89.3 Å². The monoisotopic (exact) mass is 532 g/mol. The topological polar surface area (TPSA) is 38.7 Å². The molecule has 3 nitrogen and oxygen atoms in total. The first kappa shape index (κ1) is 26.3. The Morgan fingerprint density at radius 3 is 2.44 bits per heavy atom. The first-order valence-corrected chi connectivity index (χ1v) is 14.2. The Morgan fingerprint density at radius 1 is 0.949 bits per heavy atom. The number of aryl methyl sites for hydroxylation is 1. The van der Waals surface area contributed by atoms with Gasteiger partial charge in [0.15, 0.2) is 11.6 Å². The number of hydrogen-bond donors (Lipinski definition) is 1. The summed E-state index contributed by atoms with van der Waals surface area (Å²) in [4.78, 5) is 0. The van der Waals surface area contributed by atoms with Crippen LogP contribution in [0.5, 0.6) is 11.5 Å². The minimum Gasteiger partial charge on any atom is -0.497 e. The molecule has 206 valence electrons. The Bertz CT molecular complexity index is 1430. The molecule has 0 saturated heterocycles. The van der Waals surface area contributed by atoms with E-state index in [1.54, 1.807) is 25.3 Å². The van der Waals surface area contributed by atoms with Crippen molar-refractivity contribution in [3.63, 3.8) is 0 Å². The molecule has 3 aliphatic carbocycles. The number of methoxy groups -OCH3 is 1. The highest BCUT2D eigenvalue weighted by molar-refractivity contribution is 5.71. The molecule has 3 aromatic rings. The molecule has 3 atom stereocenters. The van der Waals surface area contributed by atoms with E-state index in [0.29, 0.717) is 23.3 Å². The van der Waals surface area contributed by atoms with E-state index in [1.807, 2.05) is 25.1 Å². The predicted octanol–water partition coefficient (Wildman–Crippen LogP) is 8.24. The standard InChI is InChI=1S/C34H38F2O3/c1-32(2)15-6-8-27(32)25-17-21(9-12-24(25)26-18-23(38-4)11-13-28(26)35)19-39-29-14-10-22-7-5-16-34(20-33(34,3)37)30(22)31(29)36/h9-14,17-18,27,37H,5-8,15-16,19-20H2,1-4H3/t27-,33?,34+/m1/s1. The minimum atomic E-state index is -0.865. The van der Waals surface area contributed by atoms with Gasteiger partial charge < -0.3 is 14.6 Å². The van der Waals surface area contributed by atoms with Gasteiger partial charge in [0.2, 0.25) is 0 Å². The summed E-state index contributed by atoms with van der Waals surface area (Å²) in [6, 6.07) is 14.6. The summed E-state index contributed by atoms with van der Waals surface area (Å²) in [6.07, 6.45) is 6.47. The van der Waals surface area contributed by atoms with Gasteiger partial charge in [-0.25, -0.2) is 8.78 Å². The zero-order valence-electron chi connectivity index (χ0n) is 23.4. The third-order valence-corrected chi connectivity index (χ3v) is 9.88. The normalized spacial score (nSPS) is 26.9. The number of rotatable bonds is 6. The molecule has 3 aromatic carbocycles. The van der Waals surface area contributed by atoms with E-state index in [-0.39, 0.29) is 35.3 Å². The lowest BCUT2D eigenvalue weighted by Gasteiger charge is -2.30. The van der Waals surface area contributed by atoms with E-state index in [2.05, 4.69) is 19.9 Å². The molecule has 0 radical (unpaired) electrons. The largest absolute Gasteiger partial charge is 0.497 e. The number of benzene rings is 3. The Hall–Kier alpha value is -2.92. The summed E-state index contributed by atoms with van der Waals surface area (Å²) in [7, 11) is 1.59. The van der Waals surface area contributed by atoms with Crippen molar-refractivity contribution in [3.8, 4) is 22.6 Å². The van der Waals surface area contributed by atoms with Crippen LogP contribution in [0.4, 0.5) is 8.78 Å². The second-order valence-electron chi connectivity index (χ2n) is 12.8. The molecule has 0 aromatic heterocycles. The van der Waals surface area contributed by atoms with Crippen LogP contribution in [0.1, 0.15) is 87.5 Å². The number of halogens is 2. The van der Waals surface area contributed by atoms with Gasteiger partial charge in [0.25, 0.3) is 0 Å². The fourth-order valence-electron chi connectivity index (χ4n) is 7.54. The molecule has 2 saturated carbocycles. The summed E-state index contributed by atoms with van der Waals surface area (Å²) in [5, 5.41) is 10.8. The summed E-state index contributed by atoms with van der Waals surface area (Å²) in [5.74, 6) is 0.500. The van der Waals surface area contributed by atoms with Gasteiger partial charge in [0, 0.05) is 16.5 Å². The molecule has 0 aliphatic heterocycles. The first-order valence-electron chi connectivity index (χ1n) is 14.2. The maximum Gasteiger partial charge on any atom is 0.169 e. The van der Waals surface area contributed by atoms with E-state index in [1.165, 1.54) is 6.07 Å². The van der Waals surface area contributed by atoms with Gasteiger partial charge in [0.1, 0.15) is 18.2 Å². The van der Waals surface area contributed by atoms with Crippen molar-refractivity contribution < 1.29 is 23.4 Å². The summed E-state index contributed by atoms with van der Waals surface area (Å²) >= 11 is 0. The van der Waals surface area contributed by atoms with E-state index in [9.17, 15) is 5.11 Å². The number of fused-ring (bicyclic) bond motifs is 2. The quantitative estimate of drug-likeness (QED) is 0.347. The van der Waals surface area contributed by atoms with E-state index < -0.39 is 11.0 Å². The van der Waals surface area contributed by atoms with Crippen LogP contribution >= 0.6 is 0 Å². The Balaban J connectivity index is 1.34. The van der Waals surface area contributed by atoms with Gasteiger partial charge >= 0.3 is 0 Å². The highest BCUT2D eigenvalue weighted by Gasteiger charge is 2.66. The van der Waals surface area contributed by atoms with Crippen molar-refractivity contribution in [1.29, 1.82) is 0 Å². The van der Waals surface area contributed by atoms with Crippen molar-refractivity contribution in [2.24, 2.45) is 5.41 Å². The zero-order valence-corrected chi connectivity index (χ0v) is 23.4. The van der Waals surface area contributed by atoms with Crippen LogP contribution in [0.2, 0.25) is 0 Å². The fourth-order valence-corrected chi connectivity index (χ4v) is 7.54. The smallest absolute Gasteiger partial charge is 0.169 e. The summed E-state index contributed by atoms with van der Waals surface area (Å²) in [5.41, 5.74) is 3.78. The van der Waals surface area contributed by atoms with Crippen LogP contribution in [0.3, 0.4) is 0 Å². The number of hydrogen-bond acceptors (Lipinski definition) is 3. The second-order valence-corrected chi connectivity index (χ2v) is 12.8. The molecule has 5 heteroatoms. The molecule has 1 spiro atoms. The third-order valence-electron chi connectivity index (χ3n) is 9.88. The van der Waals surface area contributed by atoms with E-state index >= 15 is 8.78 Å². The lowest BCUT2D eigenvalue weighted by atomic mass is 9.75. The van der Waals surface area contributed by atoms with Gasteiger partial charge in [-0.05, 0) is 103 Å². The maximum absolute atomic E-state index is 15.9. The van der Waals surface area contributed by atoms with Crippen LogP contribution in [0, 0.1) is 17.0 Å². The van der Waals surface area contributed by atoms with Crippen LogP contribution in [-0.4, -0.2) is 17.8 Å². The van der Waals surface area contributed by atoms with Gasteiger partial charge in [-0.15, -0.1) is 0 Å². The third kappa shape index (κ3) is 4.34. The lowest BCUT2D eigenvalue weighted by Crippen LogP contribution is -2.27. The molecule has 3 aliphatic rings. The summed E-state index contributed by atoms with van der Waals surface area (Å²) < 4.78 is 42.5. The molecule has 1 unspecified atom stereocenters. The SMILES string of the molecule is COc1ccc(F)c(-c2ccc(COc3ccc4c(c3F)[C@]3(CCC4)CC3(C)O)cc2[C@H]2CCCC2(C)C)c1. The van der Waals surface area contributed by atoms with Crippen LogP contribution in [0.15, 0.2) is 48.5 Å². The maximum atomic E-state index is 15.9. The predicted molar refractivity (Wildman–Crippen MR) is 149 cm³/mol. The highest BCUT2D eigenvalue weighted by atomic mass is 19.1. The van der Waals surface area contributed by atoms with Gasteiger partial charge in [0.05, 0.1) is 12.7 Å². The molecule has 1 N–H and O–H groups in total. The number of ether oxygens (including phenoxy) is 2. The van der Waals surface area contributed by atoms with Crippen LogP contribution in [0.25, 0.3) is 11.1 Å². The van der Waals surface area contributed by atoms with E-state index in [4.69, 9.17) is 9.47 Å². The first-order chi connectivity index (χ1) is 18.6. The lowest BCUT2D eigenvalue weighted by molar-refractivity contribution is 0.133. The molecule has 39 heavy (non-hydrogen) atoms. The Morgan fingerprint density at radius 2 is 1.74 bits per heavy atom. The highest BCUT2D eigenvalue weighted by Crippen LogP contribution is 2.64. The molecule has 6 rings (SSSR count). The Labute approximate surface area is 230 Å². The molecule has 2 fully saturated rings. The molecule has 0 heterocycles. The second kappa shape index (κ2) is 9.33. The average Bonchev–Trinajstić information content (AvgIpc) is 3.24. The van der Waals surface area contributed by atoms with Crippen molar-refractivity contribution >= 4 is 0 Å². The van der Waals surface area contributed by atoms with Crippen molar-refractivity contribution in [2.75, 3.05) is 7.11 Å². The van der Waals surface area contributed by atoms with Crippen LogP contribution in [-0.2, 0) is 18.4 Å². The number of aliphatic hydroxyl groups is 1. The zero-order chi connectivity index (χ0) is 27.6. The van der Waals surface area contributed by atoms with Crippen molar-refractivity contribution in [1.82, 2.24) is 0 Å². The van der Waals surface area contributed by atoms with Gasteiger partial charge in [-0.1, -0.05) is 44.5 Å². The fraction of sp³-hybridized carbons (Fsp3) is 0.471. The molecule has 0 amide bonds. The molecule has 0 bridgehead atoms.